The molecular formula is C12H17N3O7. The van der Waals surface area contributed by atoms with E-state index >= 15 is 0 Å². The van der Waals surface area contributed by atoms with E-state index in [4.69, 9.17) is 0 Å². The van der Waals surface area contributed by atoms with Gasteiger partial charge in [0.15, 0.2) is 20.2 Å². The van der Waals surface area contributed by atoms with Gasteiger partial charge in [-0.05, 0) is 55.8 Å². The molecule has 4 fully saturated rings. The van der Waals surface area contributed by atoms with Gasteiger partial charge in [-0.3, -0.25) is 30.3 Å². The van der Waals surface area contributed by atoms with E-state index in [0.717, 1.165) is 6.42 Å². The van der Waals surface area contributed by atoms with Crippen LogP contribution in [0.1, 0.15) is 38.5 Å². The Bertz CT molecular complexity index is 513. The third kappa shape index (κ3) is 1.58. The summed E-state index contributed by atoms with van der Waals surface area (Å²) in [7, 11) is 0. The molecule has 0 aromatic rings. The van der Waals surface area contributed by atoms with Crippen molar-refractivity contribution in [3.05, 3.63) is 30.3 Å². The van der Waals surface area contributed by atoms with Crippen LogP contribution in [0.4, 0.5) is 0 Å². The Morgan fingerprint density at radius 2 is 1.41 bits per heavy atom. The summed E-state index contributed by atoms with van der Waals surface area (Å²) in [4.78, 5) is 30.4. The fourth-order valence-electron chi connectivity index (χ4n) is 5.81. The highest BCUT2D eigenvalue weighted by atomic mass is 16.7. The number of aliphatic hydroxyl groups is 1. The molecule has 0 spiro atoms. The standard InChI is InChI=1S/C12H17N3O7/c16-7-10-2-8-1-9(3-10)5-11(4-8,6-10)12(13(17)18,14(19)20)15(21)22/h8-9,16H,1-7H2. The SMILES string of the molecule is O=[N+]([O-])C([N+](=O)[O-])([N+](=O)[O-])C12CC3CC(CC(CO)(C3)C1)C2. The van der Waals surface area contributed by atoms with Crippen molar-refractivity contribution >= 4 is 0 Å². The van der Waals surface area contributed by atoms with Crippen LogP contribution in [0.5, 0.6) is 0 Å². The minimum Gasteiger partial charge on any atom is -0.396 e. The zero-order chi connectivity index (χ0) is 16.3. The van der Waals surface area contributed by atoms with Crippen LogP contribution in [0.2, 0.25) is 0 Å². The van der Waals surface area contributed by atoms with Gasteiger partial charge in [0, 0.05) is 6.61 Å². The van der Waals surface area contributed by atoms with Gasteiger partial charge in [0.2, 0.25) is 0 Å². The molecule has 0 aliphatic heterocycles. The van der Waals surface area contributed by atoms with Gasteiger partial charge >= 0.3 is 5.79 Å². The van der Waals surface area contributed by atoms with E-state index < -0.39 is 31.4 Å². The van der Waals surface area contributed by atoms with E-state index in [1.54, 1.807) is 0 Å². The van der Waals surface area contributed by atoms with Crippen LogP contribution >= 0.6 is 0 Å². The second kappa shape index (κ2) is 4.34. The molecular weight excluding hydrogens is 298 g/mol. The highest BCUT2D eigenvalue weighted by molar-refractivity contribution is 5.09. The molecule has 0 aromatic carbocycles. The first kappa shape index (κ1) is 15.1. The zero-order valence-electron chi connectivity index (χ0n) is 11.8. The summed E-state index contributed by atoms with van der Waals surface area (Å²) < 4.78 is 0. The smallest absolute Gasteiger partial charge is 0.396 e. The normalized spacial score (nSPS) is 39.7. The Balaban J connectivity index is 2.17. The minimum absolute atomic E-state index is 0.0207. The van der Waals surface area contributed by atoms with Crippen molar-refractivity contribution < 1.29 is 19.9 Å². The van der Waals surface area contributed by atoms with Gasteiger partial charge < -0.3 is 5.11 Å². The highest BCUT2D eigenvalue weighted by Gasteiger charge is 2.87. The molecule has 0 heterocycles. The summed E-state index contributed by atoms with van der Waals surface area (Å²) >= 11 is 0. The second-order valence-corrected chi connectivity index (χ2v) is 7.31. The summed E-state index contributed by atoms with van der Waals surface area (Å²) in [6.07, 6.45) is 2.29. The summed E-state index contributed by atoms with van der Waals surface area (Å²) in [5.74, 6) is -3.45. The molecule has 10 nitrogen and oxygen atoms in total. The average Bonchev–Trinajstić information content (AvgIpc) is 2.35. The lowest BCUT2D eigenvalue weighted by atomic mass is 9.42. The molecule has 4 saturated carbocycles. The molecule has 4 rings (SSSR count). The second-order valence-electron chi connectivity index (χ2n) is 7.31. The first-order chi connectivity index (χ1) is 10.2. The van der Waals surface area contributed by atoms with Gasteiger partial charge in [-0.15, -0.1) is 0 Å². The van der Waals surface area contributed by atoms with E-state index in [2.05, 4.69) is 0 Å². The Morgan fingerprint density at radius 1 is 0.955 bits per heavy atom. The Kier molecular flexibility index (Phi) is 2.97. The maximum atomic E-state index is 11.5. The monoisotopic (exact) mass is 315 g/mol. The van der Waals surface area contributed by atoms with Crippen LogP contribution in [0.25, 0.3) is 0 Å². The van der Waals surface area contributed by atoms with Crippen LogP contribution in [0.3, 0.4) is 0 Å². The van der Waals surface area contributed by atoms with Gasteiger partial charge in [-0.25, -0.2) is 0 Å². The first-order valence-corrected chi connectivity index (χ1v) is 7.26. The predicted octanol–water partition coefficient (Wildman–Crippen LogP) is 1.05. The van der Waals surface area contributed by atoms with E-state index in [1.165, 1.54) is 0 Å². The minimum atomic E-state index is -3.41. The molecule has 4 bridgehead atoms. The molecule has 4 aliphatic rings. The molecule has 122 valence electrons. The number of hydrogen-bond acceptors (Lipinski definition) is 7. The van der Waals surface area contributed by atoms with E-state index in [0.29, 0.717) is 12.8 Å². The van der Waals surface area contributed by atoms with Crippen LogP contribution in [-0.2, 0) is 0 Å². The van der Waals surface area contributed by atoms with Gasteiger partial charge in [-0.1, -0.05) is 0 Å². The molecule has 4 aliphatic carbocycles. The fourth-order valence-corrected chi connectivity index (χ4v) is 5.81. The van der Waals surface area contributed by atoms with Crippen LogP contribution < -0.4 is 0 Å². The molecule has 2 atom stereocenters. The van der Waals surface area contributed by atoms with E-state index in [9.17, 15) is 35.4 Å². The lowest BCUT2D eigenvalue weighted by molar-refractivity contribution is -0.989. The summed E-state index contributed by atoms with van der Waals surface area (Å²) in [6.45, 7) is -0.231. The topological polar surface area (TPSA) is 150 Å². The van der Waals surface area contributed by atoms with Crippen molar-refractivity contribution in [2.45, 2.75) is 44.3 Å². The predicted molar refractivity (Wildman–Crippen MR) is 70.3 cm³/mol. The first-order valence-electron chi connectivity index (χ1n) is 7.26. The summed E-state index contributed by atoms with van der Waals surface area (Å²) in [5, 5.41) is 44.1. The van der Waals surface area contributed by atoms with Gasteiger partial charge in [-0.2, -0.15) is 0 Å². The lowest BCUT2D eigenvalue weighted by Crippen LogP contribution is -2.71. The van der Waals surface area contributed by atoms with Crippen molar-refractivity contribution in [3.8, 4) is 0 Å². The molecule has 0 radical (unpaired) electrons. The Morgan fingerprint density at radius 3 is 1.77 bits per heavy atom. The lowest BCUT2D eigenvalue weighted by Gasteiger charge is -2.59. The molecule has 1 N–H and O–H groups in total. The van der Waals surface area contributed by atoms with E-state index in [-0.39, 0.29) is 37.7 Å². The number of nitro groups is 3. The van der Waals surface area contributed by atoms with Crippen molar-refractivity contribution in [2.24, 2.45) is 22.7 Å². The van der Waals surface area contributed by atoms with Crippen molar-refractivity contribution in [1.82, 2.24) is 0 Å². The molecule has 0 saturated heterocycles. The zero-order valence-corrected chi connectivity index (χ0v) is 11.8. The Labute approximate surface area is 124 Å². The third-order valence-electron chi connectivity index (χ3n) is 5.99. The Hall–Kier alpha value is -1.84. The molecule has 2 unspecified atom stereocenters. The molecule has 0 aromatic heterocycles. The molecule has 10 heteroatoms. The number of aliphatic hydroxyl groups excluding tert-OH is 1. The van der Waals surface area contributed by atoms with Crippen LogP contribution in [0, 0.1) is 53.0 Å². The molecule has 0 amide bonds. The van der Waals surface area contributed by atoms with Crippen molar-refractivity contribution in [3.63, 3.8) is 0 Å². The van der Waals surface area contributed by atoms with Gasteiger partial charge in [0.05, 0.1) is 0 Å². The summed E-state index contributed by atoms with van der Waals surface area (Å²) in [6, 6.07) is 0. The number of nitrogens with zero attached hydrogens (tertiary/aromatic N) is 3. The van der Waals surface area contributed by atoms with Gasteiger partial charge in [0.1, 0.15) is 0 Å². The van der Waals surface area contributed by atoms with Crippen molar-refractivity contribution in [2.75, 3.05) is 6.61 Å². The van der Waals surface area contributed by atoms with Gasteiger partial charge in [0.25, 0.3) is 0 Å². The average molecular weight is 315 g/mol. The van der Waals surface area contributed by atoms with Crippen LogP contribution in [-0.4, -0.2) is 32.3 Å². The van der Waals surface area contributed by atoms with Crippen molar-refractivity contribution in [1.29, 1.82) is 0 Å². The number of hydrogen-bond donors (Lipinski definition) is 1. The fraction of sp³-hybridized carbons (Fsp3) is 1.00. The highest BCUT2D eigenvalue weighted by Crippen LogP contribution is 2.68. The number of rotatable bonds is 5. The largest absolute Gasteiger partial charge is 0.705 e. The maximum Gasteiger partial charge on any atom is 0.705 e. The van der Waals surface area contributed by atoms with E-state index in [1.807, 2.05) is 0 Å². The van der Waals surface area contributed by atoms with Crippen LogP contribution in [0.15, 0.2) is 0 Å². The summed E-state index contributed by atoms with van der Waals surface area (Å²) in [5.41, 5.74) is -2.26. The third-order valence-corrected chi connectivity index (χ3v) is 5.99. The maximum absolute atomic E-state index is 11.5. The quantitative estimate of drug-likeness (QED) is 0.452. The molecule has 22 heavy (non-hydrogen) atoms.